The Balaban J connectivity index is 1.39. The number of hydrogen-bond donors (Lipinski definition) is 2. The molecule has 3 aromatic rings. The van der Waals surface area contributed by atoms with E-state index in [0.29, 0.717) is 5.92 Å². The van der Waals surface area contributed by atoms with Crippen LogP contribution in [0.5, 0.6) is 5.75 Å². The van der Waals surface area contributed by atoms with Gasteiger partial charge < -0.3 is 15.0 Å². The Morgan fingerprint density at radius 2 is 1.93 bits per heavy atom. The van der Waals surface area contributed by atoms with Crippen molar-refractivity contribution in [2.45, 2.75) is 31.7 Å². The number of fused-ring (bicyclic) bond motifs is 1. The molecule has 1 atom stereocenters. The predicted octanol–water partition coefficient (Wildman–Crippen LogP) is 4.66. The van der Waals surface area contributed by atoms with E-state index < -0.39 is 11.6 Å². The minimum Gasteiger partial charge on any atom is -0.497 e. The van der Waals surface area contributed by atoms with Gasteiger partial charge in [0.2, 0.25) is 5.91 Å². The standard InChI is InChI=1S/C23H25F2N3O2/c1-14(23(29)27-16-3-5-20(24)21(25)11-16)28-9-7-15(8-10-28)19-13-26-22-6-4-17(30-2)12-18(19)22/h3-6,11-15,26H,7-10H2,1-2H3,(H,27,29). The monoisotopic (exact) mass is 413 g/mol. The number of hydrogen-bond acceptors (Lipinski definition) is 3. The molecule has 1 aliphatic heterocycles. The molecule has 1 unspecified atom stereocenters. The zero-order chi connectivity index (χ0) is 21.3. The average molecular weight is 413 g/mol. The van der Waals surface area contributed by atoms with Crippen molar-refractivity contribution >= 4 is 22.5 Å². The van der Waals surface area contributed by atoms with Gasteiger partial charge in [-0.15, -0.1) is 0 Å². The van der Waals surface area contributed by atoms with E-state index in [1.165, 1.54) is 17.0 Å². The first-order valence-corrected chi connectivity index (χ1v) is 10.1. The predicted molar refractivity (Wildman–Crippen MR) is 113 cm³/mol. The SMILES string of the molecule is COc1ccc2[nH]cc(C3CCN(C(C)C(=O)Nc4ccc(F)c(F)c4)CC3)c2c1. The van der Waals surface area contributed by atoms with Crippen molar-refractivity contribution in [3.63, 3.8) is 0 Å². The second kappa shape index (κ2) is 8.44. The van der Waals surface area contributed by atoms with Gasteiger partial charge in [0.25, 0.3) is 0 Å². The fraction of sp³-hybridized carbons (Fsp3) is 0.348. The molecule has 0 aliphatic carbocycles. The summed E-state index contributed by atoms with van der Waals surface area (Å²) in [5, 5.41) is 3.85. The van der Waals surface area contributed by atoms with Crippen LogP contribution in [0, 0.1) is 11.6 Å². The number of aromatic nitrogens is 1. The van der Waals surface area contributed by atoms with Gasteiger partial charge in [-0.1, -0.05) is 0 Å². The van der Waals surface area contributed by atoms with E-state index in [1.54, 1.807) is 7.11 Å². The maximum atomic E-state index is 13.4. The van der Waals surface area contributed by atoms with Gasteiger partial charge >= 0.3 is 0 Å². The van der Waals surface area contributed by atoms with Crippen LogP contribution < -0.4 is 10.1 Å². The lowest BCUT2D eigenvalue weighted by molar-refractivity contribution is -0.121. The molecule has 5 nitrogen and oxygen atoms in total. The number of carbonyl (C=O) groups is 1. The average Bonchev–Trinajstić information content (AvgIpc) is 3.19. The maximum Gasteiger partial charge on any atom is 0.241 e. The topological polar surface area (TPSA) is 57.4 Å². The largest absolute Gasteiger partial charge is 0.497 e. The molecule has 7 heteroatoms. The smallest absolute Gasteiger partial charge is 0.241 e. The molecule has 0 radical (unpaired) electrons. The molecule has 30 heavy (non-hydrogen) atoms. The van der Waals surface area contributed by atoms with Crippen molar-refractivity contribution < 1.29 is 18.3 Å². The maximum absolute atomic E-state index is 13.4. The molecular weight excluding hydrogens is 388 g/mol. The van der Waals surface area contributed by atoms with Crippen molar-refractivity contribution in [3.05, 3.63) is 59.8 Å². The minimum atomic E-state index is -0.975. The zero-order valence-corrected chi connectivity index (χ0v) is 17.0. The van der Waals surface area contributed by atoms with Gasteiger partial charge in [0.15, 0.2) is 11.6 Å². The Labute approximate surface area is 174 Å². The van der Waals surface area contributed by atoms with Crippen LogP contribution in [-0.4, -0.2) is 42.0 Å². The molecule has 0 bridgehead atoms. The van der Waals surface area contributed by atoms with E-state index in [1.807, 2.05) is 19.1 Å². The Bertz CT molecular complexity index is 1060. The number of anilines is 1. The summed E-state index contributed by atoms with van der Waals surface area (Å²) in [6, 6.07) is 9.04. The molecule has 1 amide bonds. The van der Waals surface area contributed by atoms with E-state index in [9.17, 15) is 13.6 Å². The van der Waals surface area contributed by atoms with Gasteiger partial charge in [0.05, 0.1) is 13.2 Å². The van der Waals surface area contributed by atoms with Gasteiger partial charge in [-0.3, -0.25) is 9.69 Å². The number of amides is 1. The number of nitrogens with zero attached hydrogens (tertiary/aromatic N) is 1. The quantitative estimate of drug-likeness (QED) is 0.640. The van der Waals surface area contributed by atoms with Crippen LogP contribution in [0.2, 0.25) is 0 Å². The summed E-state index contributed by atoms with van der Waals surface area (Å²) in [4.78, 5) is 18.0. The van der Waals surface area contributed by atoms with Crippen LogP contribution >= 0.6 is 0 Å². The number of aromatic amines is 1. The number of methoxy groups -OCH3 is 1. The third kappa shape index (κ3) is 4.03. The van der Waals surface area contributed by atoms with Gasteiger partial charge in [0, 0.05) is 28.9 Å². The minimum absolute atomic E-state index is 0.226. The van der Waals surface area contributed by atoms with Crippen LogP contribution in [0.15, 0.2) is 42.6 Å². The Kier molecular flexibility index (Phi) is 5.72. The first kappa shape index (κ1) is 20.3. The lowest BCUT2D eigenvalue weighted by Gasteiger charge is -2.35. The highest BCUT2D eigenvalue weighted by Gasteiger charge is 2.28. The van der Waals surface area contributed by atoms with Crippen LogP contribution in [0.3, 0.4) is 0 Å². The lowest BCUT2D eigenvalue weighted by Crippen LogP contribution is -2.45. The summed E-state index contributed by atoms with van der Waals surface area (Å²) in [7, 11) is 1.67. The molecule has 2 heterocycles. The Morgan fingerprint density at radius 3 is 2.63 bits per heavy atom. The Morgan fingerprint density at radius 1 is 1.17 bits per heavy atom. The fourth-order valence-electron chi connectivity index (χ4n) is 4.17. The van der Waals surface area contributed by atoms with E-state index in [4.69, 9.17) is 4.74 Å². The molecule has 1 aromatic heterocycles. The normalized spacial score (nSPS) is 16.5. The summed E-state index contributed by atoms with van der Waals surface area (Å²) < 4.78 is 31.8. The van der Waals surface area contributed by atoms with Crippen molar-refractivity contribution in [1.29, 1.82) is 0 Å². The highest BCUT2D eigenvalue weighted by Crippen LogP contribution is 2.35. The number of nitrogens with one attached hydrogen (secondary N) is 2. The third-order valence-corrected chi connectivity index (χ3v) is 6.00. The molecule has 1 saturated heterocycles. The van der Waals surface area contributed by atoms with Gasteiger partial charge in [0.1, 0.15) is 5.75 Å². The number of carbonyl (C=O) groups excluding carboxylic acids is 1. The Hall–Kier alpha value is -2.93. The molecule has 0 saturated carbocycles. The molecule has 4 rings (SSSR count). The summed E-state index contributed by atoms with van der Waals surface area (Å²) >= 11 is 0. The van der Waals surface area contributed by atoms with Crippen LogP contribution in [0.25, 0.3) is 10.9 Å². The molecule has 1 aliphatic rings. The molecule has 0 spiro atoms. The number of halogens is 2. The summed E-state index contributed by atoms with van der Waals surface area (Å²) in [5.41, 5.74) is 2.63. The van der Waals surface area contributed by atoms with Gasteiger partial charge in [-0.25, -0.2) is 8.78 Å². The molecule has 2 aromatic carbocycles. The van der Waals surface area contributed by atoms with Gasteiger partial charge in [-0.2, -0.15) is 0 Å². The number of ether oxygens (including phenoxy) is 1. The van der Waals surface area contributed by atoms with Crippen LogP contribution in [0.4, 0.5) is 14.5 Å². The molecule has 158 valence electrons. The summed E-state index contributed by atoms with van der Waals surface area (Å²) in [6.07, 6.45) is 3.95. The molecule has 1 fully saturated rings. The highest BCUT2D eigenvalue weighted by atomic mass is 19.2. The van der Waals surface area contributed by atoms with Crippen molar-refractivity contribution in [1.82, 2.24) is 9.88 Å². The first-order chi connectivity index (χ1) is 14.5. The molecule has 2 N–H and O–H groups in total. The fourth-order valence-corrected chi connectivity index (χ4v) is 4.17. The summed E-state index contributed by atoms with van der Waals surface area (Å²) in [6.45, 7) is 3.41. The van der Waals surface area contributed by atoms with E-state index in [2.05, 4.69) is 27.5 Å². The second-order valence-corrected chi connectivity index (χ2v) is 7.76. The van der Waals surface area contributed by atoms with Crippen LogP contribution in [0.1, 0.15) is 31.2 Å². The van der Waals surface area contributed by atoms with Gasteiger partial charge in [-0.05, 0) is 74.7 Å². The van der Waals surface area contributed by atoms with E-state index >= 15 is 0 Å². The summed E-state index contributed by atoms with van der Waals surface area (Å²) in [5.74, 6) is -0.891. The van der Waals surface area contributed by atoms with E-state index in [-0.39, 0.29) is 17.6 Å². The van der Waals surface area contributed by atoms with Crippen molar-refractivity contribution in [3.8, 4) is 5.75 Å². The third-order valence-electron chi connectivity index (χ3n) is 6.00. The lowest BCUT2D eigenvalue weighted by atomic mass is 9.88. The second-order valence-electron chi connectivity index (χ2n) is 7.76. The number of piperidine rings is 1. The first-order valence-electron chi connectivity index (χ1n) is 10.1. The van der Waals surface area contributed by atoms with Crippen molar-refractivity contribution in [2.24, 2.45) is 0 Å². The van der Waals surface area contributed by atoms with E-state index in [0.717, 1.165) is 49.3 Å². The van der Waals surface area contributed by atoms with Crippen LogP contribution in [-0.2, 0) is 4.79 Å². The van der Waals surface area contributed by atoms with Crippen molar-refractivity contribution in [2.75, 3.05) is 25.5 Å². The highest BCUT2D eigenvalue weighted by molar-refractivity contribution is 5.94. The number of rotatable bonds is 5. The number of H-pyrrole nitrogens is 1. The number of likely N-dealkylation sites (tertiary alicyclic amines) is 1. The zero-order valence-electron chi connectivity index (χ0n) is 17.0. The number of benzene rings is 2. The molecular formula is C23H25F2N3O2.